The van der Waals surface area contributed by atoms with Crippen molar-refractivity contribution >= 4 is 43.6 Å². The first-order valence-corrected chi connectivity index (χ1v) is 12.9. The summed E-state index contributed by atoms with van der Waals surface area (Å²) in [5, 5.41) is 4.90. The summed E-state index contributed by atoms with van der Waals surface area (Å²) in [6.07, 6.45) is 3.87. The van der Waals surface area contributed by atoms with E-state index in [0.717, 1.165) is 22.3 Å². The Bertz CT molecular complexity index is 2080. The van der Waals surface area contributed by atoms with Gasteiger partial charge in [0.05, 0.1) is 22.1 Å². The maximum atomic E-state index is 4.48. The highest BCUT2D eigenvalue weighted by molar-refractivity contribution is 6.11. The number of benzene rings is 5. The molecule has 8 rings (SSSR count). The van der Waals surface area contributed by atoms with Gasteiger partial charge in [0.1, 0.15) is 0 Å². The Labute approximate surface area is 219 Å². The minimum absolute atomic E-state index is 1.13. The second-order valence-electron chi connectivity index (χ2n) is 9.72. The molecule has 38 heavy (non-hydrogen) atoms. The van der Waals surface area contributed by atoms with E-state index in [4.69, 9.17) is 0 Å². The van der Waals surface area contributed by atoms with Gasteiger partial charge in [-0.2, -0.15) is 0 Å². The van der Waals surface area contributed by atoms with Crippen LogP contribution in [0, 0.1) is 0 Å². The molecule has 3 heteroatoms. The summed E-state index contributed by atoms with van der Waals surface area (Å²) < 4.78 is 4.73. The first-order chi connectivity index (χ1) is 18.9. The second kappa shape index (κ2) is 8.19. The van der Waals surface area contributed by atoms with Crippen LogP contribution in [0.2, 0.25) is 0 Å². The van der Waals surface area contributed by atoms with Gasteiger partial charge in [-0.25, -0.2) is 0 Å². The monoisotopic (exact) mass is 485 g/mol. The molecule has 0 spiro atoms. The Morgan fingerprint density at radius 3 is 1.71 bits per heavy atom. The Morgan fingerprint density at radius 2 is 1.00 bits per heavy atom. The van der Waals surface area contributed by atoms with Crippen LogP contribution in [0.3, 0.4) is 0 Å². The minimum Gasteiger partial charge on any atom is -0.309 e. The molecule has 0 saturated heterocycles. The fraction of sp³-hybridized carbons (Fsp3) is 0. The lowest BCUT2D eigenvalue weighted by Crippen LogP contribution is -1.98. The molecule has 3 aromatic heterocycles. The molecule has 0 bridgehead atoms. The largest absolute Gasteiger partial charge is 0.309 e. The standard InChI is InChI=1S/C35H23N3/c1-2-9-24(10-3-1)25-17-18-34-30(21-25)31-23-36-20-19-35(31)38(34)27-12-8-11-26(22-27)37-32-15-6-4-13-28(32)29-14-5-7-16-33(29)37/h1-23H. The molecule has 178 valence electrons. The summed E-state index contributed by atoms with van der Waals surface area (Å²) >= 11 is 0. The molecule has 0 atom stereocenters. The molecule has 0 aliphatic carbocycles. The molecule has 3 nitrogen and oxygen atoms in total. The average molecular weight is 486 g/mol. The highest BCUT2D eigenvalue weighted by atomic mass is 15.0. The smallest absolute Gasteiger partial charge is 0.0571 e. The third-order valence-electron chi connectivity index (χ3n) is 7.60. The minimum atomic E-state index is 1.13. The summed E-state index contributed by atoms with van der Waals surface area (Å²) in [5.41, 5.74) is 9.45. The normalized spacial score (nSPS) is 11.7. The van der Waals surface area contributed by atoms with Crippen molar-refractivity contribution in [3.8, 4) is 22.5 Å². The van der Waals surface area contributed by atoms with Crippen molar-refractivity contribution in [3.05, 3.63) is 140 Å². The van der Waals surface area contributed by atoms with E-state index in [1.807, 2.05) is 12.4 Å². The SMILES string of the molecule is c1ccc(-c2ccc3c(c2)c2cnccc2n3-c2cccc(-n3c4ccccc4c4ccccc43)c2)cc1. The molecular weight excluding hydrogens is 462 g/mol. The molecular formula is C35H23N3. The Hall–Kier alpha value is -5.15. The second-order valence-corrected chi connectivity index (χ2v) is 9.72. The van der Waals surface area contributed by atoms with Crippen molar-refractivity contribution < 1.29 is 0 Å². The lowest BCUT2D eigenvalue weighted by atomic mass is 10.0. The number of para-hydroxylation sites is 2. The van der Waals surface area contributed by atoms with E-state index >= 15 is 0 Å². The maximum absolute atomic E-state index is 4.48. The maximum Gasteiger partial charge on any atom is 0.0571 e. The van der Waals surface area contributed by atoms with Crippen LogP contribution in [0.25, 0.3) is 66.1 Å². The van der Waals surface area contributed by atoms with E-state index in [9.17, 15) is 0 Å². The predicted molar refractivity (Wildman–Crippen MR) is 158 cm³/mol. The van der Waals surface area contributed by atoms with E-state index in [2.05, 4.69) is 142 Å². The van der Waals surface area contributed by atoms with E-state index in [1.54, 1.807) is 0 Å². The molecule has 0 saturated carbocycles. The van der Waals surface area contributed by atoms with Gasteiger partial charge in [-0.1, -0.05) is 78.9 Å². The number of pyridine rings is 1. The Kier molecular flexibility index (Phi) is 4.52. The third-order valence-corrected chi connectivity index (χ3v) is 7.60. The molecule has 0 N–H and O–H groups in total. The zero-order valence-electron chi connectivity index (χ0n) is 20.6. The van der Waals surface area contributed by atoms with Crippen LogP contribution in [-0.4, -0.2) is 14.1 Å². The van der Waals surface area contributed by atoms with Gasteiger partial charge >= 0.3 is 0 Å². The lowest BCUT2D eigenvalue weighted by Gasteiger charge is -2.13. The van der Waals surface area contributed by atoms with Crippen LogP contribution in [0.1, 0.15) is 0 Å². The summed E-state index contributed by atoms with van der Waals surface area (Å²) in [6.45, 7) is 0. The molecule has 0 amide bonds. The van der Waals surface area contributed by atoms with E-state index in [-0.39, 0.29) is 0 Å². The summed E-state index contributed by atoms with van der Waals surface area (Å²) in [6, 6.07) is 45.6. The number of nitrogens with zero attached hydrogens (tertiary/aromatic N) is 3. The number of aromatic nitrogens is 3. The molecule has 8 aromatic rings. The van der Waals surface area contributed by atoms with Crippen LogP contribution in [0.15, 0.2) is 140 Å². The number of rotatable bonds is 3. The van der Waals surface area contributed by atoms with Crippen molar-refractivity contribution in [2.24, 2.45) is 0 Å². The van der Waals surface area contributed by atoms with Crippen LogP contribution in [-0.2, 0) is 0 Å². The molecule has 0 unspecified atom stereocenters. The lowest BCUT2D eigenvalue weighted by molar-refractivity contribution is 1.13. The van der Waals surface area contributed by atoms with Crippen molar-refractivity contribution in [1.29, 1.82) is 0 Å². The summed E-state index contributed by atoms with van der Waals surface area (Å²) in [5.74, 6) is 0. The molecule has 0 radical (unpaired) electrons. The van der Waals surface area contributed by atoms with Gasteiger partial charge in [0, 0.05) is 45.3 Å². The predicted octanol–water partition coefficient (Wildman–Crippen LogP) is 8.94. The Morgan fingerprint density at radius 1 is 0.395 bits per heavy atom. The molecule has 3 heterocycles. The number of fused-ring (bicyclic) bond motifs is 6. The van der Waals surface area contributed by atoms with E-state index in [0.29, 0.717) is 0 Å². The summed E-state index contributed by atoms with van der Waals surface area (Å²) in [4.78, 5) is 4.48. The molecule has 0 aliphatic rings. The number of hydrogen-bond donors (Lipinski definition) is 0. The van der Waals surface area contributed by atoms with Gasteiger partial charge in [0.25, 0.3) is 0 Å². The average Bonchev–Trinajstić information content (AvgIpc) is 3.50. The van der Waals surface area contributed by atoms with E-state index in [1.165, 1.54) is 43.8 Å². The fourth-order valence-electron chi connectivity index (χ4n) is 5.93. The van der Waals surface area contributed by atoms with Crippen molar-refractivity contribution in [2.45, 2.75) is 0 Å². The van der Waals surface area contributed by atoms with Gasteiger partial charge in [0.2, 0.25) is 0 Å². The van der Waals surface area contributed by atoms with Gasteiger partial charge in [0.15, 0.2) is 0 Å². The van der Waals surface area contributed by atoms with Gasteiger partial charge in [-0.05, 0) is 59.7 Å². The highest BCUT2D eigenvalue weighted by Crippen LogP contribution is 2.36. The van der Waals surface area contributed by atoms with Crippen LogP contribution in [0.4, 0.5) is 0 Å². The van der Waals surface area contributed by atoms with Gasteiger partial charge < -0.3 is 9.13 Å². The first kappa shape index (κ1) is 21.0. The van der Waals surface area contributed by atoms with Gasteiger partial charge in [-0.3, -0.25) is 4.98 Å². The zero-order chi connectivity index (χ0) is 25.1. The highest BCUT2D eigenvalue weighted by Gasteiger charge is 2.16. The van der Waals surface area contributed by atoms with Crippen molar-refractivity contribution in [1.82, 2.24) is 14.1 Å². The quantitative estimate of drug-likeness (QED) is 0.245. The molecule has 5 aromatic carbocycles. The molecule has 0 aliphatic heterocycles. The van der Waals surface area contributed by atoms with Crippen molar-refractivity contribution in [2.75, 3.05) is 0 Å². The Balaban J connectivity index is 1.39. The van der Waals surface area contributed by atoms with Crippen LogP contribution in [0.5, 0.6) is 0 Å². The number of hydrogen-bond acceptors (Lipinski definition) is 1. The fourth-order valence-corrected chi connectivity index (χ4v) is 5.93. The zero-order valence-corrected chi connectivity index (χ0v) is 20.6. The van der Waals surface area contributed by atoms with Crippen LogP contribution < -0.4 is 0 Å². The third kappa shape index (κ3) is 3.06. The molecule has 0 fully saturated rings. The van der Waals surface area contributed by atoms with Crippen molar-refractivity contribution in [3.63, 3.8) is 0 Å². The summed E-state index contributed by atoms with van der Waals surface area (Å²) in [7, 11) is 0. The van der Waals surface area contributed by atoms with Crippen LogP contribution >= 0.6 is 0 Å². The first-order valence-electron chi connectivity index (χ1n) is 12.9. The van der Waals surface area contributed by atoms with E-state index < -0.39 is 0 Å². The topological polar surface area (TPSA) is 22.8 Å². The van der Waals surface area contributed by atoms with Gasteiger partial charge in [-0.15, -0.1) is 0 Å².